The molecule has 29 heavy (non-hydrogen) atoms. The van der Waals surface area contributed by atoms with E-state index in [4.69, 9.17) is 9.26 Å². The molecule has 1 aliphatic rings. The van der Waals surface area contributed by atoms with Gasteiger partial charge in [0.15, 0.2) is 6.61 Å². The van der Waals surface area contributed by atoms with Crippen molar-refractivity contribution in [3.05, 3.63) is 46.8 Å². The molecule has 1 aliphatic heterocycles. The number of carbonyl (C=O) groups excluding carboxylic acids is 2. The van der Waals surface area contributed by atoms with Gasteiger partial charge < -0.3 is 14.2 Å². The van der Waals surface area contributed by atoms with Gasteiger partial charge in [0.05, 0.1) is 10.6 Å². The van der Waals surface area contributed by atoms with Gasteiger partial charge in [-0.25, -0.2) is 13.2 Å². The van der Waals surface area contributed by atoms with Crippen LogP contribution in [0.1, 0.15) is 27.4 Å². The van der Waals surface area contributed by atoms with E-state index in [1.165, 1.54) is 15.3 Å². The second kappa shape index (κ2) is 8.34. The minimum Gasteiger partial charge on any atom is -0.450 e. The van der Waals surface area contributed by atoms with E-state index in [0.29, 0.717) is 11.3 Å². The number of hydrogen-bond acceptors (Lipinski definition) is 7. The lowest BCUT2D eigenvalue weighted by molar-refractivity contribution is -0.135. The van der Waals surface area contributed by atoms with E-state index < -0.39 is 28.5 Å². The van der Waals surface area contributed by atoms with Gasteiger partial charge in [0.2, 0.25) is 15.8 Å². The largest absolute Gasteiger partial charge is 0.450 e. The van der Waals surface area contributed by atoms with E-state index >= 15 is 0 Å². The molecule has 0 unspecified atom stereocenters. The molecule has 3 rings (SSSR count). The number of aryl methyl sites for hydroxylation is 3. The first-order valence-electron chi connectivity index (χ1n) is 9.14. The maximum absolute atomic E-state index is 12.9. The Kier molecular flexibility index (Phi) is 6.04. The number of aromatic nitrogens is 1. The summed E-state index contributed by atoms with van der Waals surface area (Å²) < 4.78 is 36.9. The lowest BCUT2D eigenvalue weighted by atomic mass is 10.2. The third kappa shape index (κ3) is 4.65. The minimum atomic E-state index is -3.63. The number of nitrogens with zero attached hydrogens (tertiary/aromatic N) is 3. The van der Waals surface area contributed by atoms with Gasteiger partial charge in [-0.15, -0.1) is 0 Å². The van der Waals surface area contributed by atoms with Crippen molar-refractivity contribution in [2.75, 3.05) is 32.8 Å². The average Bonchev–Trinajstić information content (AvgIpc) is 3.12. The molecule has 1 saturated heterocycles. The van der Waals surface area contributed by atoms with Gasteiger partial charge in [0, 0.05) is 32.2 Å². The second-order valence-electron chi connectivity index (χ2n) is 6.96. The van der Waals surface area contributed by atoms with Gasteiger partial charge in [-0.3, -0.25) is 4.79 Å². The summed E-state index contributed by atoms with van der Waals surface area (Å²) in [4.78, 5) is 25.9. The number of sulfonamides is 1. The number of benzene rings is 1. The van der Waals surface area contributed by atoms with Gasteiger partial charge in [-0.05, 0) is 32.4 Å². The van der Waals surface area contributed by atoms with Crippen LogP contribution in [0.3, 0.4) is 0 Å². The number of rotatable bonds is 5. The highest BCUT2D eigenvalue weighted by Crippen LogP contribution is 2.22. The van der Waals surface area contributed by atoms with Gasteiger partial charge in [-0.2, -0.15) is 4.31 Å². The van der Waals surface area contributed by atoms with Crippen molar-refractivity contribution in [1.29, 1.82) is 0 Å². The average molecular weight is 421 g/mol. The fourth-order valence-corrected chi connectivity index (χ4v) is 4.78. The highest BCUT2D eigenvalue weighted by molar-refractivity contribution is 7.89. The van der Waals surface area contributed by atoms with Crippen LogP contribution in [-0.2, 0) is 19.6 Å². The third-order valence-corrected chi connectivity index (χ3v) is 6.75. The molecule has 2 heterocycles. The summed E-state index contributed by atoms with van der Waals surface area (Å²) in [6.45, 7) is 5.70. The maximum Gasteiger partial charge on any atom is 0.377 e. The number of amides is 1. The zero-order chi connectivity index (χ0) is 21.2. The Bertz CT molecular complexity index is 1020. The van der Waals surface area contributed by atoms with Crippen LogP contribution in [0.15, 0.2) is 33.7 Å². The predicted octanol–water partition coefficient (Wildman–Crippen LogP) is 1.29. The summed E-state index contributed by atoms with van der Waals surface area (Å²) in [7, 11) is -3.63. The smallest absolute Gasteiger partial charge is 0.377 e. The Morgan fingerprint density at radius 2 is 1.79 bits per heavy atom. The van der Waals surface area contributed by atoms with Crippen LogP contribution in [0, 0.1) is 20.8 Å². The van der Waals surface area contributed by atoms with Crippen molar-refractivity contribution in [3.63, 3.8) is 0 Å². The maximum atomic E-state index is 12.9. The normalized spacial score (nSPS) is 15.3. The van der Waals surface area contributed by atoms with Crippen LogP contribution in [-0.4, -0.2) is 67.4 Å². The van der Waals surface area contributed by atoms with Crippen molar-refractivity contribution >= 4 is 21.9 Å². The summed E-state index contributed by atoms with van der Waals surface area (Å²) in [5.41, 5.74) is 2.22. The fourth-order valence-electron chi connectivity index (χ4n) is 3.16. The number of ether oxygens (including phenoxy) is 1. The quantitative estimate of drug-likeness (QED) is 0.669. The van der Waals surface area contributed by atoms with Crippen LogP contribution in [0.5, 0.6) is 0 Å². The van der Waals surface area contributed by atoms with Gasteiger partial charge in [-0.1, -0.05) is 22.9 Å². The van der Waals surface area contributed by atoms with E-state index in [-0.39, 0.29) is 36.8 Å². The third-order valence-electron chi connectivity index (χ3n) is 4.70. The number of carbonyl (C=O) groups is 2. The van der Waals surface area contributed by atoms with Crippen molar-refractivity contribution in [3.8, 4) is 0 Å². The Balaban J connectivity index is 1.55. The van der Waals surface area contributed by atoms with E-state index in [2.05, 4.69) is 5.16 Å². The molecular formula is C19H23N3O6S. The summed E-state index contributed by atoms with van der Waals surface area (Å²) >= 11 is 0. The number of esters is 1. The number of piperazine rings is 1. The molecule has 0 saturated carbocycles. The molecule has 0 bridgehead atoms. The molecular weight excluding hydrogens is 398 g/mol. The van der Waals surface area contributed by atoms with Crippen LogP contribution in [0.4, 0.5) is 0 Å². The lowest BCUT2D eigenvalue weighted by Gasteiger charge is -2.34. The van der Waals surface area contributed by atoms with E-state index in [0.717, 1.165) is 5.56 Å². The molecule has 156 valence electrons. The molecule has 2 aromatic rings. The zero-order valence-electron chi connectivity index (χ0n) is 16.5. The van der Waals surface area contributed by atoms with E-state index in [9.17, 15) is 18.0 Å². The second-order valence-corrected chi connectivity index (χ2v) is 8.87. The Morgan fingerprint density at radius 1 is 1.10 bits per heavy atom. The molecule has 1 amide bonds. The van der Waals surface area contributed by atoms with E-state index in [1.54, 1.807) is 26.0 Å². The Labute approximate surface area is 169 Å². The first-order valence-corrected chi connectivity index (χ1v) is 10.6. The first kappa shape index (κ1) is 21.0. The van der Waals surface area contributed by atoms with Crippen molar-refractivity contribution in [2.24, 2.45) is 0 Å². The summed E-state index contributed by atoms with van der Waals surface area (Å²) in [6.07, 6.45) is 0. The minimum absolute atomic E-state index is 0.0697. The van der Waals surface area contributed by atoms with Gasteiger partial charge in [0.25, 0.3) is 5.91 Å². The predicted molar refractivity (Wildman–Crippen MR) is 103 cm³/mol. The first-order chi connectivity index (χ1) is 13.7. The SMILES string of the molecule is Cc1ccc(S(=O)(=O)N2CCN(C(=O)COC(=O)c3cc(C)no3)CC2)c(C)c1. The van der Waals surface area contributed by atoms with Crippen LogP contribution >= 0.6 is 0 Å². The Morgan fingerprint density at radius 3 is 2.38 bits per heavy atom. The zero-order valence-corrected chi connectivity index (χ0v) is 17.4. The van der Waals surface area contributed by atoms with Crippen LogP contribution in [0.25, 0.3) is 0 Å². The van der Waals surface area contributed by atoms with Crippen molar-refractivity contribution < 1.29 is 27.3 Å². The molecule has 10 heteroatoms. The van der Waals surface area contributed by atoms with Crippen LogP contribution in [0.2, 0.25) is 0 Å². The Hall–Kier alpha value is -2.72. The molecule has 1 fully saturated rings. The molecule has 0 aliphatic carbocycles. The summed E-state index contributed by atoms with van der Waals surface area (Å²) in [6, 6.07) is 6.63. The van der Waals surface area contributed by atoms with Crippen LogP contribution < -0.4 is 0 Å². The van der Waals surface area contributed by atoms with Gasteiger partial charge >= 0.3 is 5.97 Å². The summed E-state index contributed by atoms with van der Waals surface area (Å²) in [5, 5.41) is 3.59. The molecule has 1 aromatic carbocycles. The van der Waals surface area contributed by atoms with Crippen molar-refractivity contribution in [2.45, 2.75) is 25.7 Å². The number of hydrogen-bond donors (Lipinski definition) is 0. The molecule has 1 aromatic heterocycles. The molecule has 0 radical (unpaired) electrons. The van der Waals surface area contributed by atoms with E-state index in [1.807, 2.05) is 13.0 Å². The summed E-state index contributed by atoms with van der Waals surface area (Å²) in [5.74, 6) is -1.23. The molecule has 0 spiro atoms. The van der Waals surface area contributed by atoms with Gasteiger partial charge in [0.1, 0.15) is 0 Å². The fraction of sp³-hybridized carbons (Fsp3) is 0.421. The highest BCUT2D eigenvalue weighted by atomic mass is 32.2. The van der Waals surface area contributed by atoms with Crippen molar-refractivity contribution in [1.82, 2.24) is 14.4 Å². The molecule has 0 atom stereocenters. The molecule has 0 N–H and O–H groups in total. The monoisotopic (exact) mass is 421 g/mol. The lowest BCUT2D eigenvalue weighted by Crippen LogP contribution is -2.51. The topological polar surface area (TPSA) is 110 Å². The highest BCUT2D eigenvalue weighted by Gasteiger charge is 2.31. The molecule has 9 nitrogen and oxygen atoms in total. The standard InChI is InChI=1S/C19H23N3O6S/c1-13-4-5-17(14(2)10-13)29(25,26)22-8-6-21(7-9-22)18(23)12-27-19(24)16-11-15(3)20-28-16/h4-5,10-11H,6-9,12H2,1-3H3.